The second-order valence-corrected chi connectivity index (χ2v) is 16.8. The molecule has 3 aromatic rings. The number of hydrogen-bond donors (Lipinski definition) is 2. The molecule has 1 aliphatic carbocycles. The topological polar surface area (TPSA) is 155 Å². The number of piperazine rings is 1. The van der Waals surface area contributed by atoms with Gasteiger partial charge in [0.25, 0.3) is 17.7 Å². The van der Waals surface area contributed by atoms with Crippen LogP contribution in [0.25, 0.3) is 0 Å². The van der Waals surface area contributed by atoms with Crippen LogP contribution < -0.4 is 25.2 Å². The molecule has 3 aromatic carbocycles. The van der Waals surface area contributed by atoms with Gasteiger partial charge in [-0.15, -0.1) is 0 Å². The Bertz CT molecular complexity index is 2150. The van der Waals surface area contributed by atoms with Gasteiger partial charge in [0.05, 0.1) is 21.7 Å². The Morgan fingerprint density at radius 1 is 0.877 bits per heavy atom. The highest BCUT2D eigenvalue weighted by molar-refractivity contribution is 6.31. The molecule has 1 unspecified atom stereocenters. The van der Waals surface area contributed by atoms with Gasteiger partial charge in [-0.1, -0.05) is 25.4 Å². The minimum atomic E-state index is -0.971. The smallest absolute Gasteiger partial charge is 0.262 e. The molecule has 14 heteroatoms. The van der Waals surface area contributed by atoms with Gasteiger partial charge in [0.1, 0.15) is 24.0 Å². The van der Waals surface area contributed by atoms with Gasteiger partial charge in [-0.25, -0.2) is 0 Å². The third-order valence-corrected chi connectivity index (χ3v) is 12.9. The van der Waals surface area contributed by atoms with Crippen molar-refractivity contribution in [3.8, 4) is 11.8 Å². The summed E-state index contributed by atoms with van der Waals surface area (Å²) in [4.78, 5) is 71.9. The minimum Gasteiger partial charge on any atom is -0.490 e. The normalized spacial score (nSPS) is 23.8. The second kappa shape index (κ2) is 15.5. The average molecular weight is 792 g/mol. The highest BCUT2D eigenvalue weighted by Gasteiger charge is 2.51. The Kier molecular flexibility index (Phi) is 10.4. The molecule has 296 valence electrons. The Labute approximate surface area is 336 Å². The number of halogens is 1. The van der Waals surface area contributed by atoms with E-state index in [2.05, 4.69) is 45.3 Å². The molecule has 57 heavy (non-hydrogen) atoms. The van der Waals surface area contributed by atoms with Crippen molar-refractivity contribution in [3.05, 3.63) is 87.9 Å². The van der Waals surface area contributed by atoms with E-state index in [1.165, 1.54) is 0 Å². The maximum Gasteiger partial charge on any atom is 0.262 e. The molecule has 3 atom stereocenters. The van der Waals surface area contributed by atoms with Crippen LogP contribution in [0.2, 0.25) is 5.02 Å². The third kappa shape index (κ3) is 7.56. The Balaban J connectivity index is 0.772. The molecule has 0 aromatic heterocycles. The van der Waals surface area contributed by atoms with Crippen molar-refractivity contribution in [1.82, 2.24) is 20.4 Å². The zero-order valence-corrected chi connectivity index (χ0v) is 32.9. The lowest BCUT2D eigenvalue weighted by Gasteiger charge is -2.51. The van der Waals surface area contributed by atoms with Gasteiger partial charge >= 0.3 is 0 Å². The number of nitrogens with one attached hydrogen (secondary N) is 2. The Morgan fingerprint density at radius 2 is 1.56 bits per heavy atom. The molecule has 4 heterocycles. The molecule has 4 fully saturated rings. The van der Waals surface area contributed by atoms with Crippen molar-refractivity contribution in [1.29, 1.82) is 5.26 Å². The molecule has 0 bridgehead atoms. The van der Waals surface area contributed by atoms with Gasteiger partial charge in [0.2, 0.25) is 11.8 Å². The number of anilines is 2. The molecule has 8 rings (SSSR count). The minimum absolute atomic E-state index is 0.0413. The van der Waals surface area contributed by atoms with E-state index >= 15 is 0 Å². The predicted octanol–water partition coefficient (Wildman–Crippen LogP) is 4.63. The van der Waals surface area contributed by atoms with Gasteiger partial charge in [-0.05, 0) is 79.8 Å². The number of carbonyl (C=O) groups excluding carboxylic acids is 5. The molecule has 0 radical (unpaired) electrons. The number of carbonyl (C=O) groups is 5. The molecule has 3 saturated heterocycles. The van der Waals surface area contributed by atoms with Gasteiger partial charge in [-0.2, -0.15) is 5.26 Å². The molecule has 1 saturated carbocycles. The van der Waals surface area contributed by atoms with Crippen LogP contribution in [0.1, 0.15) is 82.6 Å². The van der Waals surface area contributed by atoms with Crippen molar-refractivity contribution >= 4 is 52.5 Å². The van der Waals surface area contributed by atoms with Crippen molar-refractivity contribution in [3.63, 3.8) is 0 Å². The van der Waals surface area contributed by atoms with Gasteiger partial charge in [-0.3, -0.25) is 39.1 Å². The summed E-state index contributed by atoms with van der Waals surface area (Å²) in [6, 6.07) is 19.3. The number of amides is 5. The van der Waals surface area contributed by atoms with Crippen LogP contribution in [0.5, 0.6) is 5.75 Å². The molecule has 2 N–H and O–H groups in total. The second-order valence-electron chi connectivity index (χ2n) is 16.4. The van der Waals surface area contributed by atoms with Gasteiger partial charge < -0.3 is 19.9 Å². The summed E-state index contributed by atoms with van der Waals surface area (Å²) in [5, 5.41) is 14.9. The average Bonchev–Trinajstić information content (AvgIpc) is 3.46. The van der Waals surface area contributed by atoms with E-state index in [0.29, 0.717) is 45.4 Å². The monoisotopic (exact) mass is 791 g/mol. The number of fused-ring (bicyclic) bond motifs is 1. The Morgan fingerprint density at radius 3 is 2.23 bits per heavy atom. The highest BCUT2D eigenvalue weighted by Crippen LogP contribution is 2.43. The molecular weight excluding hydrogens is 746 g/mol. The summed E-state index contributed by atoms with van der Waals surface area (Å²) in [5.74, 6) is -0.906. The van der Waals surface area contributed by atoms with Crippen LogP contribution in [0.3, 0.4) is 0 Å². The van der Waals surface area contributed by atoms with Crippen LogP contribution in [0.15, 0.2) is 60.7 Å². The van der Waals surface area contributed by atoms with E-state index in [4.69, 9.17) is 21.6 Å². The molecular formula is C43H46ClN7O6. The van der Waals surface area contributed by atoms with Gasteiger partial charge in [0.15, 0.2) is 0 Å². The van der Waals surface area contributed by atoms with Crippen LogP contribution >= 0.6 is 11.6 Å². The molecule has 5 amide bonds. The van der Waals surface area contributed by atoms with Crippen LogP contribution in [-0.2, 0) is 9.59 Å². The maximum absolute atomic E-state index is 13.3. The van der Waals surface area contributed by atoms with Crippen molar-refractivity contribution in [2.75, 3.05) is 55.6 Å². The lowest BCUT2D eigenvalue weighted by atomic mass is 9.64. The Hall–Kier alpha value is -5.45. The summed E-state index contributed by atoms with van der Waals surface area (Å²) < 4.78 is 6.17. The number of nitriles is 1. The molecule has 4 aliphatic heterocycles. The SMILES string of the molecule is CC1(C)[C@@H](NC(=O)c2ccc(N3CCN(CC4CCN(c5ccc6c(c5)C(=O)N(C5CCC(=O)NC5=O)C6=O)CC4)CC3)cc2)C[C@@H]1Oc1ccc(C#N)c(Cl)c1. The molecule has 5 aliphatic rings. The van der Waals surface area contributed by atoms with E-state index in [-0.39, 0.29) is 36.3 Å². The van der Waals surface area contributed by atoms with E-state index in [1.54, 1.807) is 30.3 Å². The standard InChI is InChI=1S/C43H46ClN7O6/c1-43(2)36(23-37(43)57-31-9-5-28(24-45)34(44)22-31)46-39(53)27-3-6-29(7-4-27)50-19-17-48(18-20-50)25-26-13-15-49(16-14-26)30-8-10-32-33(21-30)42(56)51(41(32)55)35-11-12-38(52)47-40(35)54/h3-10,21-22,26,35-37H,11-20,23,25H2,1-2H3,(H,46,53)(H,47,52,54)/t35?,36-,37-/m0/s1. The summed E-state index contributed by atoms with van der Waals surface area (Å²) in [7, 11) is 0. The third-order valence-electron chi connectivity index (χ3n) is 12.6. The van der Waals surface area contributed by atoms with Crippen molar-refractivity contribution in [2.45, 2.75) is 64.1 Å². The van der Waals surface area contributed by atoms with Crippen LogP contribution in [0, 0.1) is 22.7 Å². The predicted molar refractivity (Wildman–Crippen MR) is 213 cm³/mol. The van der Waals surface area contributed by atoms with Crippen LogP contribution in [0.4, 0.5) is 11.4 Å². The first kappa shape index (κ1) is 38.4. The number of benzene rings is 3. The molecule has 13 nitrogen and oxygen atoms in total. The van der Waals surface area contributed by atoms with E-state index in [1.807, 2.05) is 30.3 Å². The van der Waals surface area contributed by atoms with Crippen LogP contribution in [-0.4, -0.2) is 103 Å². The first-order valence-corrected chi connectivity index (χ1v) is 20.1. The van der Waals surface area contributed by atoms with E-state index in [0.717, 1.165) is 74.9 Å². The zero-order chi connectivity index (χ0) is 40.0. The number of ether oxygens (including phenoxy) is 1. The lowest BCUT2D eigenvalue weighted by molar-refractivity contribution is -0.136. The lowest BCUT2D eigenvalue weighted by Crippen LogP contribution is -2.63. The van der Waals surface area contributed by atoms with E-state index in [9.17, 15) is 24.0 Å². The number of imide groups is 2. The van der Waals surface area contributed by atoms with Crippen molar-refractivity contribution < 1.29 is 28.7 Å². The highest BCUT2D eigenvalue weighted by atomic mass is 35.5. The summed E-state index contributed by atoms with van der Waals surface area (Å²) in [6.45, 7) is 10.6. The van der Waals surface area contributed by atoms with Crippen molar-refractivity contribution in [2.24, 2.45) is 11.3 Å². The zero-order valence-electron chi connectivity index (χ0n) is 32.1. The summed E-state index contributed by atoms with van der Waals surface area (Å²) >= 11 is 6.18. The largest absolute Gasteiger partial charge is 0.490 e. The first-order valence-electron chi connectivity index (χ1n) is 19.7. The van der Waals surface area contributed by atoms with Gasteiger partial charge in [0, 0.05) is 93.1 Å². The van der Waals surface area contributed by atoms with E-state index < -0.39 is 29.7 Å². The molecule has 0 spiro atoms. The summed E-state index contributed by atoms with van der Waals surface area (Å²) in [6.07, 6.45) is 2.85. The maximum atomic E-state index is 13.3. The fourth-order valence-electron chi connectivity index (χ4n) is 8.80. The number of piperidine rings is 2. The quantitative estimate of drug-likeness (QED) is 0.293. The number of nitrogens with zero attached hydrogens (tertiary/aromatic N) is 5. The summed E-state index contributed by atoms with van der Waals surface area (Å²) in [5.41, 5.74) is 3.35. The fourth-order valence-corrected chi connectivity index (χ4v) is 9.02. The number of rotatable bonds is 9. The fraction of sp³-hybridized carbons (Fsp3) is 0.442. The number of hydrogen-bond acceptors (Lipinski definition) is 10. The first-order chi connectivity index (χ1) is 27.4.